The van der Waals surface area contributed by atoms with E-state index >= 15 is 0 Å². The number of hydrogen-bond acceptors (Lipinski definition) is 6. The van der Waals surface area contributed by atoms with Crippen LogP contribution in [-0.4, -0.2) is 58.6 Å². The molecule has 0 saturated carbocycles. The number of nitrogens with one attached hydrogen (secondary N) is 2. The van der Waals surface area contributed by atoms with E-state index in [0.29, 0.717) is 13.0 Å². The fourth-order valence-electron chi connectivity index (χ4n) is 3.50. The Morgan fingerprint density at radius 3 is 2.59 bits per heavy atom. The van der Waals surface area contributed by atoms with Gasteiger partial charge in [-0.3, -0.25) is 23.9 Å². The molecule has 2 rings (SSSR count). The molecule has 1 fully saturated rings. The van der Waals surface area contributed by atoms with E-state index in [1.807, 2.05) is 13.8 Å². The minimum atomic E-state index is -5.03. The highest BCUT2D eigenvalue weighted by molar-refractivity contribution is 5.93. The van der Waals surface area contributed by atoms with Crippen molar-refractivity contribution >= 4 is 23.5 Å². The smallest absolute Gasteiger partial charge is 0.363 e. The largest absolute Gasteiger partial charge is 0.522 e. The maximum atomic E-state index is 13.1. The number of carbonyl (C=O) groups excluding carboxylic acids is 4. The predicted octanol–water partition coefficient (Wildman–Crippen LogP) is 0.686. The van der Waals surface area contributed by atoms with Gasteiger partial charge in [-0.15, -0.1) is 13.2 Å². The van der Waals surface area contributed by atoms with Crippen LogP contribution in [0.4, 0.5) is 13.2 Å². The van der Waals surface area contributed by atoms with Crippen LogP contribution in [0, 0.1) is 11.8 Å². The number of halogens is 3. The topological polar surface area (TPSA) is 145 Å². The van der Waals surface area contributed by atoms with Crippen molar-refractivity contribution in [2.24, 2.45) is 17.6 Å². The Morgan fingerprint density at radius 2 is 2.06 bits per heavy atom. The van der Waals surface area contributed by atoms with E-state index in [-0.39, 0.29) is 30.5 Å². The number of primary amides is 1. The number of hydrogen-bond donors (Lipinski definition) is 3. The maximum absolute atomic E-state index is 13.1. The van der Waals surface area contributed by atoms with Crippen LogP contribution in [-0.2, 0) is 19.1 Å². The molecule has 13 heteroatoms. The van der Waals surface area contributed by atoms with Crippen LogP contribution in [0.15, 0.2) is 12.4 Å². The second kappa shape index (κ2) is 10.6. The number of alkyl halides is 3. The van der Waals surface area contributed by atoms with Gasteiger partial charge in [0.25, 0.3) is 5.91 Å². The third-order valence-electron chi connectivity index (χ3n) is 4.99. The van der Waals surface area contributed by atoms with Gasteiger partial charge in [0, 0.05) is 24.9 Å². The van der Waals surface area contributed by atoms with Crippen molar-refractivity contribution in [3.8, 4) is 0 Å². The number of ketones is 1. The van der Waals surface area contributed by atoms with Crippen molar-refractivity contribution in [3.05, 3.63) is 18.2 Å². The lowest BCUT2D eigenvalue weighted by atomic mass is 9.95. The number of imidazole rings is 1. The number of nitrogens with zero attached hydrogens (tertiary/aromatic N) is 2. The van der Waals surface area contributed by atoms with Crippen molar-refractivity contribution in [2.45, 2.75) is 51.6 Å². The van der Waals surface area contributed by atoms with Crippen LogP contribution in [0.25, 0.3) is 0 Å². The molecule has 0 spiro atoms. The first-order valence-corrected chi connectivity index (χ1v) is 10.0. The molecule has 0 radical (unpaired) electrons. The van der Waals surface area contributed by atoms with E-state index < -0.39 is 48.6 Å². The van der Waals surface area contributed by atoms with E-state index in [0.717, 1.165) is 0 Å². The van der Waals surface area contributed by atoms with E-state index in [1.165, 1.54) is 17.0 Å². The molecule has 10 nitrogen and oxygen atoms in total. The first kappa shape index (κ1) is 25.3. The summed E-state index contributed by atoms with van der Waals surface area (Å²) >= 11 is 0. The van der Waals surface area contributed by atoms with Gasteiger partial charge in [0.1, 0.15) is 12.6 Å². The van der Waals surface area contributed by atoms with E-state index in [2.05, 4.69) is 20.4 Å². The van der Waals surface area contributed by atoms with Crippen molar-refractivity contribution < 1.29 is 37.1 Å². The van der Waals surface area contributed by atoms with Gasteiger partial charge in [-0.1, -0.05) is 13.8 Å². The molecule has 0 aliphatic carbocycles. The zero-order valence-corrected chi connectivity index (χ0v) is 17.6. The third-order valence-corrected chi connectivity index (χ3v) is 4.99. The van der Waals surface area contributed by atoms with E-state index in [9.17, 15) is 32.3 Å². The molecule has 1 aromatic rings. The SMILES string of the molecule is CC(C)C[C@@H](C(=O)N[C@@H](C[C@@H]1CCNC1=O)C(=O)COC(F)(F)F)n1ccnc1C(N)=O. The number of nitrogens with two attached hydrogens (primary N) is 1. The Hall–Kier alpha value is -2.96. The highest BCUT2D eigenvalue weighted by Crippen LogP contribution is 2.23. The van der Waals surface area contributed by atoms with Crippen LogP contribution >= 0.6 is 0 Å². The van der Waals surface area contributed by atoms with E-state index in [1.54, 1.807) is 0 Å². The first-order chi connectivity index (χ1) is 14.9. The average molecular weight is 461 g/mol. The molecule has 3 amide bonds. The summed E-state index contributed by atoms with van der Waals surface area (Å²) in [5.74, 6) is -3.82. The first-order valence-electron chi connectivity index (χ1n) is 10.0. The van der Waals surface area contributed by atoms with Gasteiger partial charge in [0.15, 0.2) is 11.6 Å². The number of carbonyl (C=O) groups is 4. The standard InChI is InChI=1S/C19H26F3N5O5/c1-10(2)7-13(27-6-5-24-16(27)15(23)29)18(31)26-12(8-11-3-4-25-17(11)30)14(28)9-32-19(20,21)22/h5-6,10-13H,3-4,7-9H2,1-2H3,(H2,23,29)(H,25,30)(H,26,31)/t11-,12-,13-/m0/s1. The summed E-state index contributed by atoms with van der Waals surface area (Å²) in [6.07, 6.45) is -1.95. The monoisotopic (exact) mass is 461 g/mol. The minimum absolute atomic E-state index is 0.0304. The highest BCUT2D eigenvalue weighted by Gasteiger charge is 2.36. The number of ether oxygens (including phenoxy) is 1. The number of rotatable bonds is 11. The van der Waals surface area contributed by atoms with Gasteiger partial charge in [0.2, 0.25) is 11.8 Å². The minimum Gasteiger partial charge on any atom is -0.363 e. The number of aromatic nitrogens is 2. The summed E-state index contributed by atoms with van der Waals surface area (Å²) in [7, 11) is 0. The zero-order chi connectivity index (χ0) is 24.1. The van der Waals surface area contributed by atoms with Gasteiger partial charge in [0.05, 0.1) is 6.04 Å². The van der Waals surface area contributed by atoms with Crippen molar-refractivity contribution in [2.75, 3.05) is 13.2 Å². The molecule has 178 valence electrons. The lowest BCUT2D eigenvalue weighted by Gasteiger charge is -2.26. The summed E-state index contributed by atoms with van der Waals surface area (Å²) in [4.78, 5) is 53.0. The molecule has 1 aromatic heterocycles. The van der Waals surface area contributed by atoms with Gasteiger partial charge < -0.3 is 20.9 Å². The van der Waals surface area contributed by atoms with Gasteiger partial charge >= 0.3 is 6.36 Å². The third kappa shape index (κ3) is 7.04. The summed E-state index contributed by atoms with van der Waals surface area (Å²) < 4.78 is 42.1. The fraction of sp³-hybridized carbons (Fsp3) is 0.632. The molecule has 32 heavy (non-hydrogen) atoms. The Balaban J connectivity index is 2.25. The van der Waals surface area contributed by atoms with Gasteiger partial charge in [-0.2, -0.15) is 0 Å². The number of Topliss-reactive ketones (excluding diaryl/α,β-unsaturated/α-hetero) is 1. The lowest BCUT2D eigenvalue weighted by Crippen LogP contribution is -2.47. The predicted molar refractivity (Wildman–Crippen MR) is 104 cm³/mol. The maximum Gasteiger partial charge on any atom is 0.522 e. The van der Waals surface area contributed by atoms with E-state index in [4.69, 9.17) is 5.73 Å². The summed E-state index contributed by atoms with van der Waals surface area (Å²) in [6, 6.07) is -2.40. The second-order valence-electron chi connectivity index (χ2n) is 7.94. The normalized spacial score (nSPS) is 18.3. The summed E-state index contributed by atoms with van der Waals surface area (Å²) in [5.41, 5.74) is 5.31. The average Bonchev–Trinajstić information content (AvgIpc) is 3.32. The van der Waals surface area contributed by atoms with Crippen molar-refractivity contribution in [3.63, 3.8) is 0 Å². The second-order valence-corrected chi connectivity index (χ2v) is 7.94. The molecule has 2 heterocycles. The molecule has 4 N–H and O–H groups in total. The van der Waals surface area contributed by atoms with Crippen molar-refractivity contribution in [1.29, 1.82) is 0 Å². The summed E-state index contributed by atoms with van der Waals surface area (Å²) in [6.45, 7) is 2.70. The van der Waals surface area contributed by atoms with Crippen molar-refractivity contribution in [1.82, 2.24) is 20.2 Å². The molecule has 3 atom stereocenters. The molecule has 1 aliphatic rings. The van der Waals surface area contributed by atoms with Crippen LogP contribution in [0.3, 0.4) is 0 Å². The van der Waals surface area contributed by atoms with Crippen LogP contribution in [0.5, 0.6) is 0 Å². The van der Waals surface area contributed by atoms with Gasteiger partial charge in [-0.05, 0) is 25.2 Å². The Kier molecular flexibility index (Phi) is 8.36. The Morgan fingerprint density at radius 1 is 1.38 bits per heavy atom. The molecule has 1 aliphatic heterocycles. The summed E-state index contributed by atoms with van der Waals surface area (Å²) in [5, 5.41) is 5.02. The fourth-order valence-corrected chi connectivity index (χ4v) is 3.50. The van der Waals surface area contributed by atoms with Gasteiger partial charge in [-0.25, -0.2) is 4.98 Å². The lowest BCUT2D eigenvalue weighted by molar-refractivity contribution is -0.321. The Labute approximate surface area is 182 Å². The zero-order valence-electron chi connectivity index (χ0n) is 17.6. The molecule has 1 saturated heterocycles. The molecular weight excluding hydrogens is 435 g/mol. The molecule has 0 unspecified atom stereocenters. The molecular formula is C19H26F3N5O5. The molecule has 0 aromatic carbocycles. The quantitative estimate of drug-likeness (QED) is 0.442. The van der Waals surface area contributed by atoms with Crippen LogP contribution < -0.4 is 16.4 Å². The van der Waals surface area contributed by atoms with Crippen LogP contribution in [0.2, 0.25) is 0 Å². The molecule has 0 bridgehead atoms. The van der Waals surface area contributed by atoms with Crippen LogP contribution in [0.1, 0.15) is 49.8 Å². The Bertz CT molecular complexity index is 855. The highest BCUT2D eigenvalue weighted by atomic mass is 19.4. The number of amides is 3.